The van der Waals surface area contributed by atoms with Gasteiger partial charge in [-0.05, 0) is 117 Å². The number of fused-ring (bicyclic) bond motifs is 5. The lowest BCUT2D eigenvalue weighted by Gasteiger charge is -2.71. The molecule has 0 spiro atoms. The number of aliphatic hydroxyl groups is 10. The van der Waals surface area contributed by atoms with Gasteiger partial charge in [0.1, 0.15) is 48.8 Å². The van der Waals surface area contributed by atoms with E-state index in [1.807, 2.05) is 20.8 Å². The number of rotatable bonds is 10. The Bertz CT molecular complexity index is 1400. The second-order valence-electron chi connectivity index (χ2n) is 20.3. The standard InChI is InChI=1S/C42H72O14/c1-20(2)10-9-13-42(8,52)21-11-14-41(7)28(21)22(45)16-27-39(5)17-23(46)35(38(3,4)26(39)12-15-40(27,41)6)56-37-34(32(50)30(48)25(19-44)54-37)55-36-33(51)31(49)29(47)24(18-43)53-36/h10,21-37,43-52H,9,11-19H2,1-8H3/t21?,22-,23-,24-,25-,26?,27?,28?,29-,30-,31+,32+,33-,34-,35+,36+,37+,39+,40-,41-,42+/m1/s1. The molecule has 2 heterocycles. The van der Waals surface area contributed by atoms with Gasteiger partial charge in [0.2, 0.25) is 0 Å². The van der Waals surface area contributed by atoms with Crippen molar-refractivity contribution in [1.82, 2.24) is 0 Å². The molecule has 4 unspecified atom stereocenters. The zero-order valence-corrected chi connectivity index (χ0v) is 34.6. The van der Waals surface area contributed by atoms with E-state index < -0.39 is 109 Å². The molecule has 10 N–H and O–H groups in total. The minimum Gasteiger partial charge on any atom is -0.394 e. The van der Waals surface area contributed by atoms with E-state index in [1.165, 1.54) is 5.57 Å². The summed E-state index contributed by atoms with van der Waals surface area (Å²) in [5, 5.41) is 110. The average molecular weight is 801 g/mol. The van der Waals surface area contributed by atoms with Crippen LogP contribution < -0.4 is 0 Å². The van der Waals surface area contributed by atoms with Crippen LogP contribution in [0.25, 0.3) is 0 Å². The fourth-order valence-corrected chi connectivity index (χ4v) is 13.5. The van der Waals surface area contributed by atoms with E-state index in [9.17, 15) is 51.1 Å². The van der Waals surface area contributed by atoms with Crippen LogP contribution in [0.2, 0.25) is 0 Å². The maximum atomic E-state index is 12.2. The van der Waals surface area contributed by atoms with E-state index in [0.717, 1.165) is 32.1 Å². The molecule has 56 heavy (non-hydrogen) atoms. The Morgan fingerprint density at radius 3 is 1.93 bits per heavy atom. The van der Waals surface area contributed by atoms with Gasteiger partial charge in [0.25, 0.3) is 0 Å². The molecule has 14 nitrogen and oxygen atoms in total. The largest absolute Gasteiger partial charge is 0.394 e. The lowest BCUT2D eigenvalue weighted by atomic mass is 9.35. The van der Waals surface area contributed by atoms with E-state index in [1.54, 1.807) is 0 Å². The average Bonchev–Trinajstić information content (AvgIpc) is 3.50. The van der Waals surface area contributed by atoms with Gasteiger partial charge in [0.05, 0.1) is 37.1 Å². The minimum atomic E-state index is -1.81. The highest BCUT2D eigenvalue weighted by Crippen LogP contribution is 2.76. The molecule has 4 saturated carbocycles. The van der Waals surface area contributed by atoms with Gasteiger partial charge < -0.3 is 70.0 Å². The molecular formula is C42H72O14. The van der Waals surface area contributed by atoms with Crippen molar-refractivity contribution in [2.45, 2.75) is 192 Å². The third-order valence-corrected chi connectivity index (χ3v) is 16.5. The van der Waals surface area contributed by atoms with E-state index in [-0.39, 0.29) is 34.5 Å². The highest BCUT2D eigenvalue weighted by Gasteiger charge is 2.72. The second-order valence-corrected chi connectivity index (χ2v) is 20.3. The highest BCUT2D eigenvalue weighted by atomic mass is 16.8. The first-order valence-electron chi connectivity index (χ1n) is 21.0. The van der Waals surface area contributed by atoms with Gasteiger partial charge >= 0.3 is 0 Å². The van der Waals surface area contributed by atoms with E-state index in [2.05, 4.69) is 40.7 Å². The Morgan fingerprint density at radius 1 is 0.732 bits per heavy atom. The summed E-state index contributed by atoms with van der Waals surface area (Å²) in [6.07, 6.45) is -10.5. The van der Waals surface area contributed by atoms with Gasteiger partial charge in [0, 0.05) is 0 Å². The quantitative estimate of drug-likeness (QED) is 0.110. The number of allylic oxidation sites excluding steroid dienone is 2. The maximum Gasteiger partial charge on any atom is 0.187 e. The Kier molecular flexibility index (Phi) is 12.7. The van der Waals surface area contributed by atoms with Crippen LogP contribution in [-0.2, 0) is 18.9 Å². The summed E-state index contributed by atoms with van der Waals surface area (Å²) in [6, 6.07) is 0. The van der Waals surface area contributed by atoms with Crippen molar-refractivity contribution in [3.63, 3.8) is 0 Å². The van der Waals surface area contributed by atoms with E-state index >= 15 is 0 Å². The first-order valence-corrected chi connectivity index (χ1v) is 21.0. The third-order valence-electron chi connectivity index (χ3n) is 16.5. The first kappa shape index (κ1) is 44.7. The summed E-state index contributed by atoms with van der Waals surface area (Å²) in [4.78, 5) is 0. The smallest absolute Gasteiger partial charge is 0.187 e. The van der Waals surface area contributed by atoms with Gasteiger partial charge in [-0.3, -0.25) is 0 Å². The van der Waals surface area contributed by atoms with E-state index in [0.29, 0.717) is 19.3 Å². The Hall–Kier alpha value is -0.820. The molecule has 6 fully saturated rings. The van der Waals surface area contributed by atoms with Crippen LogP contribution in [0.3, 0.4) is 0 Å². The Balaban J connectivity index is 1.25. The zero-order valence-electron chi connectivity index (χ0n) is 34.6. The van der Waals surface area contributed by atoms with Crippen LogP contribution in [0.15, 0.2) is 11.6 Å². The molecule has 2 saturated heterocycles. The third kappa shape index (κ3) is 7.16. The molecule has 0 bridgehead atoms. The first-order chi connectivity index (χ1) is 26.0. The number of hydrogen-bond donors (Lipinski definition) is 10. The number of ether oxygens (including phenoxy) is 4. The van der Waals surface area contributed by atoms with Crippen LogP contribution in [0.1, 0.15) is 107 Å². The monoisotopic (exact) mass is 800 g/mol. The molecule has 2 aliphatic heterocycles. The number of hydrogen-bond acceptors (Lipinski definition) is 14. The van der Waals surface area contributed by atoms with Crippen molar-refractivity contribution >= 4 is 0 Å². The van der Waals surface area contributed by atoms with Crippen molar-refractivity contribution in [3.05, 3.63) is 11.6 Å². The predicted molar refractivity (Wildman–Crippen MR) is 202 cm³/mol. The molecule has 6 aliphatic rings. The molecule has 0 radical (unpaired) electrons. The SMILES string of the molecule is CC(C)=CCC[C@](C)(O)C1CC[C@]2(C)C1[C@H](O)CC1[C@@]3(C)C[C@@H](O)[C@H](O[C@@H]4O[C@H](CO)[C@@H](O)[C@H](O)[C@H]4O[C@@H]4O[C@H](CO)[C@@H](O)[C@H](O)[C@H]4O)C(C)(C)C3CC[C@]12C. The molecule has 6 rings (SSSR count). The fourth-order valence-electron chi connectivity index (χ4n) is 13.5. The van der Waals surface area contributed by atoms with Gasteiger partial charge in [-0.15, -0.1) is 0 Å². The molecule has 0 aromatic carbocycles. The summed E-state index contributed by atoms with van der Waals surface area (Å²) < 4.78 is 24.1. The summed E-state index contributed by atoms with van der Waals surface area (Å²) in [7, 11) is 0. The molecule has 4 aliphatic carbocycles. The summed E-state index contributed by atoms with van der Waals surface area (Å²) in [6.45, 7) is 15.7. The fraction of sp³-hybridized carbons (Fsp3) is 0.952. The molecular weight excluding hydrogens is 728 g/mol. The topological polar surface area (TPSA) is 239 Å². The van der Waals surface area contributed by atoms with Gasteiger partial charge in [0.15, 0.2) is 12.6 Å². The summed E-state index contributed by atoms with van der Waals surface area (Å²) in [5.74, 6) is -0.0322. The Morgan fingerprint density at radius 2 is 1.32 bits per heavy atom. The normalized spacial score (nSPS) is 52.6. The molecule has 21 atom stereocenters. The lowest BCUT2D eigenvalue weighted by Crippen LogP contribution is -2.70. The molecule has 324 valence electrons. The van der Waals surface area contributed by atoms with Crippen LogP contribution in [-0.4, -0.2) is 150 Å². The van der Waals surface area contributed by atoms with Gasteiger partial charge in [-0.2, -0.15) is 0 Å². The molecule has 0 aromatic heterocycles. The van der Waals surface area contributed by atoms with Crippen LogP contribution in [0.4, 0.5) is 0 Å². The van der Waals surface area contributed by atoms with Crippen molar-refractivity contribution in [2.24, 2.45) is 45.3 Å². The van der Waals surface area contributed by atoms with Gasteiger partial charge in [-0.25, -0.2) is 0 Å². The number of aliphatic hydroxyl groups excluding tert-OH is 9. The van der Waals surface area contributed by atoms with Crippen molar-refractivity contribution in [2.75, 3.05) is 13.2 Å². The van der Waals surface area contributed by atoms with Crippen LogP contribution >= 0.6 is 0 Å². The minimum absolute atomic E-state index is 0.00996. The van der Waals surface area contributed by atoms with E-state index in [4.69, 9.17) is 18.9 Å². The van der Waals surface area contributed by atoms with Crippen molar-refractivity contribution in [3.8, 4) is 0 Å². The summed E-state index contributed by atoms with van der Waals surface area (Å²) in [5.41, 5.74) is -1.25. The van der Waals surface area contributed by atoms with Gasteiger partial charge in [-0.1, -0.05) is 46.3 Å². The van der Waals surface area contributed by atoms with Crippen LogP contribution in [0, 0.1) is 45.3 Å². The van der Waals surface area contributed by atoms with Crippen molar-refractivity contribution in [1.29, 1.82) is 0 Å². The molecule has 0 aromatic rings. The second kappa shape index (κ2) is 15.9. The van der Waals surface area contributed by atoms with Crippen LogP contribution in [0.5, 0.6) is 0 Å². The summed E-state index contributed by atoms with van der Waals surface area (Å²) >= 11 is 0. The predicted octanol–water partition coefficient (Wildman–Crippen LogP) is 1.12. The maximum absolute atomic E-state index is 12.2. The molecule has 14 heteroatoms. The molecule has 0 amide bonds. The highest BCUT2D eigenvalue weighted by molar-refractivity contribution is 5.21. The lowest BCUT2D eigenvalue weighted by molar-refractivity contribution is -0.383. The van der Waals surface area contributed by atoms with Crippen molar-refractivity contribution < 1.29 is 70.0 Å². The zero-order chi connectivity index (χ0) is 41.5. The Labute approximate surface area is 331 Å².